The van der Waals surface area contributed by atoms with E-state index in [1.54, 1.807) is 22.8 Å². The quantitative estimate of drug-likeness (QED) is 0.783. The summed E-state index contributed by atoms with van der Waals surface area (Å²) in [5.74, 6) is 0.735. The molecule has 0 atom stereocenters. The van der Waals surface area contributed by atoms with Crippen LogP contribution in [0.15, 0.2) is 24.5 Å². The number of hydrogen-bond donors (Lipinski definition) is 1. The third kappa shape index (κ3) is 2.37. The van der Waals surface area contributed by atoms with Crippen molar-refractivity contribution < 1.29 is 0 Å². The van der Waals surface area contributed by atoms with Crippen LogP contribution in [-0.2, 0) is 6.54 Å². The highest BCUT2D eigenvalue weighted by Crippen LogP contribution is 2.28. The Kier molecular flexibility index (Phi) is 3.37. The standard InChI is InChI=1S/C13H8Cl2N6/c14-8-2-1-3-9(15)7(8)5-21-6-18-12(17)11-13(21)20-10(4-16)19-11/h1-3,6H,5,17H2. The lowest BCUT2D eigenvalue weighted by atomic mass is 10.2. The van der Waals surface area contributed by atoms with Crippen LogP contribution in [0.3, 0.4) is 0 Å². The van der Waals surface area contributed by atoms with E-state index in [0.717, 1.165) is 5.56 Å². The van der Waals surface area contributed by atoms with Gasteiger partial charge < -0.3 is 10.3 Å². The van der Waals surface area contributed by atoms with Crippen LogP contribution in [0.4, 0.5) is 5.82 Å². The molecule has 1 aromatic carbocycles. The molecule has 104 valence electrons. The van der Waals surface area contributed by atoms with E-state index in [4.69, 9.17) is 34.2 Å². The number of halogens is 2. The number of benzene rings is 1. The first kappa shape index (κ1) is 13.6. The lowest BCUT2D eigenvalue weighted by molar-refractivity contribution is 0.762. The van der Waals surface area contributed by atoms with Gasteiger partial charge in [-0.1, -0.05) is 29.3 Å². The molecule has 0 saturated carbocycles. The molecule has 0 saturated heterocycles. The van der Waals surface area contributed by atoms with Gasteiger partial charge in [-0.25, -0.2) is 9.97 Å². The second-order valence-electron chi connectivity index (χ2n) is 4.29. The van der Waals surface area contributed by atoms with Crippen molar-refractivity contribution in [2.45, 2.75) is 6.54 Å². The molecule has 1 aromatic rings. The smallest absolute Gasteiger partial charge is 0.235 e. The largest absolute Gasteiger partial charge is 0.382 e. The average Bonchev–Trinajstić information content (AvgIpc) is 2.90. The van der Waals surface area contributed by atoms with Crippen molar-refractivity contribution in [3.8, 4) is 17.6 Å². The minimum atomic E-state index is 0.0451. The van der Waals surface area contributed by atoms with Crippen LogP contribution < -0.4 is 5.73 Å². The van der Waals surface area contributed by atoms with Gasteiger partial charge in [-0.3, -0.25) is 0 Å². The Bertz CT molecular complexity index is 815. The Labute approximate surface area is 130 Å². The topological polar surface area (TPSA) is 93.4 Å². The van der Waals surface area contributed by atoms with E-state index < -0.39 is 0 Å². The number of nitrogens with zero attached hydrogens (tertiary/aromatic N) is 5. The van der Waals surface area contributed by atoms with Gasteiger partial charge in [-0.15, -0.1) is 0 Å². The van der Waals surface area contributed by atoms with E-state index in [9.17, 15) is 0 Å². The van der Waals surface area contributed by atoms with Crippen LogP contribution in [0, 0.1) is 11.3 Å². The molecule has 8 heteroatoms. The molecule has 2 N–H and O–H groups in total. The maximum Gasteiger partial charge on any atom is 0.235 e. The molecule has 2 aliphatic heterocycles. The van der Waals surface area contributed by atoms with E-state index in [-0.39, 0.29) is 11.6 Å². The zero-order valence-corrected chi connectivity index (χ0v) is 12.1. The Hall–Kier alpha value is -2.36. The second kappa shape index (κ2) is 5.20. The Morgan fingerprint density at radius 2 is 1.95 bits per heavy atom. The number of nitrogens with two attached hydrogens (primary N) is 1. The van der Waals surface area contributed by atoms with Gasteiger partial charge in [-0.2, -0.15) is 10.2 Å². The number of hydrogen-bond acceptors (Lipinski definition) is 5. The van der Waals surface area contributed by atoms with Gasteiger partial charge in [-0.05, 0) is 12.1 Å². The third-order valence-corrected chi connectivity index (χ3v) is 3.69. The first-order valence-electron chi connectivity index (χ1n) is 5.91. The lowest BCUT2D eigenvalue weighted by Crippen LogP contribution is -2.09. The minimum absolute atomic E-state index is 0.0451. The molecular formula is C13H8Cl2N6. The zero-order chi connectivity index (χ0) is 15.0. The van der Waals surface area contributed by atoms with Crippen molar-refractivity contribution in [1.82, 2.24) is 19.5 Å². The summed E-state index contributed by atoms with van der Waals surface area (Å²) in [5.41, 5.74) is 6.88. The van der Waals surface area contributed by atoms with Gasteiger partial charge in [0.15, 0.2) is 17.3 Å². The number of nitrogen functional groups attached to an aromatic ring is 1. The molecule has 21 heavy (non-hydrogen) atoms. The molecule has 0 aliphatic carbocycles. The number of anilines is 1. The van der Waals surface area contributed by atoms with Crippen LogP contribution in [0.5, 0.6) is 0 Å². The van der Waals surface area contributed by atoms with Crippen molar-refractivity contribution in [3.05, 3.63) is 46.0 Å². The molecule has 3 rings (SSSR count). The summed E-state index contributed by atoms with van der Waals surface area (Å²) >= 11 is 12.3. The molecule has 0 aromatic heterocycles. The van der Waals surface area contributed by atoms with E-state index in [0.29, 0.717) is 28.1 Å². The fourth-order valence-corrected chi connectivity index (χ4v) is 2.49. The maximum atomic E-state index is 8.91. The second-order valence-corrected chi connectivity index (χ2v) is 5.10. The number of fused-ring (bicyclic) bond motifs is 1. The summed E-state index contributed by atoms with van der Waals surface area (Å²) in [4.78, 5) is 12.2. The fraction of sp³-hybridized carbons (Fsp3) is 0.0769. The molecule has 2 heterocycles. The maximum absolute atomic E-state index is 8.91. The molecule has 0 amide bonds. The number of imidazole rings is 1. The normalized spacial score (nSPS) is 10.7. The van der Waals surface area contributed by atoms with Gasteiger partial charge in [0.25, 0.3) is 0 Å². The number of nitriles is 1. The molecule has 0 radical (unpaired) electrons. The Morgan fingerprint density at radius 3 is 2.62 bits per heavy atom. The molecule has 0 unspecified atom stereocenters. The third-order valence-electron chi connectivity index (χ3n) is 2.98. The highest BCUT2D eigenvalue weighted by molar-refractivity contribution is 6.35. The predicted octanol–water partition coefficient (Wildman–Crippen LogP) is 2.59. The van der Waals surface area contributed by atoms with E-state index in [2.05, 4.69) is 15.0 Å². The SMILES string of the molecule is N#Cc1nc2c(N)ncn(Cc3c(Cl)cccc3Cl)c-2n1. The Balaban J connectivity index is 2.12. The molecule has 2 aliphatic rings. The van der Waals surface area contributed by atoms with E-state index >= 15 is 0 Å². The zero-order valence-electron chi connectivity index (χ0n) is 10.6. The van der Waals surface area contributed by atoms with Gasteiger partial charge in [0, 0.05) is 15.6 Å². The monoisotopic (exact) mass is 318 g/mol. The van der Waals surface area contributed by atoms with E-state index in [1.165, 1.54) is 6.33 Å². The van der Waals surface area contributed by atoms with Crippen LogP contribution in [0.2, 0.25) is 10.0 Å². The summed E-state index contributed by atoms with van der Waals surface area (Å²) in [6, 6.07) is 7.16. The first-order valence-corrected chi connectivity index (χ1v) is 6.67. The molecule has 6 nitrogen and oxygen atoms in total. The summed E-state index contributed by atoms with van der Waals surface area (Å²) < 4.78 is 1.70. The summed E-state index contributed by atoms with van der Waals surface area (Å²) in [7, 11) is 0. The lowest BCUT2D eigenvalue weighted by Gasteiger charge is -2.13. The first-order chi connectivity index (χ1) is 10.1. The van der Waals surface area contributed by atoms with Gasteiger partial charge in [0.1, 0.15) is 6.07 Å². The summed E-state index contributed by atoms with van der Waals surface area (Å²) in [5, 5.41) is 9.99. The highest BCUT2D eigenvalue weighted by Gasteiger charge is 2.19. The van der Waals surface area contributed by atoms with Crippen molar-refractivity contribution in [2.24, 2.45) is 0 Å². The van der Waals surface area contributed by atoms with Crippen molar-refractivity contribution in [1.29, 1.82) is 5.26 Å². The summed E-state index contributed by atoms with van der Waals surface area (Å²) in [6.07, 6.45) is 1.52. The van der Waals surface area contributed by atoms with Crippen LogP contribution >= 0.6 is 23.2 Å². The highest BCUT2D eigenvalue weighted by atomic mass is 35.5. The van der Waals surface area contributed by atoms with Gasteiger partial charge in [0.05, 0.1) is 12.9 Å². The minimum Gasteiger partial charge on any atom is -0.382 e. The van der Waals surface area contributed by atoms with Gasteiger partial charge >= 0.3 is 0 Å². The van der Waals surface area contributed by atoms with Crippen molar-refractivity contribution >= 4 is 29.0 Å². The number of aromatic nitrogens is 4. The van der Waals surface area contributed by atoms with Crippen LogP contribution in [0.25, 0.3) is 11.5 Å². The molecule has 0 spiro atoms. The summed E-state index contributed by atoms with van der Waals surface area (Å²) in [6.45, 7) is 0.353. The fourth-order valence-electron chi connectivity index (χ4n) is 1.97. The predicted molar refractivity (Wildman–Crippen MR) is 79.1 cm³/mol. The Morgan fingerprint density at radius 1 is 1.24 bits per heavy atom. The van der Waals surface area contributed by atoms with Crippen molar-refractivity contribution in [3.63, 3.8) is 0 Å². The van der Waals surface area contributed by atoms with Gasteiger partial charge in [0.2, 0.25) is 5.82 Å². The molecule has 0 fully saturated rings. The number of rotatable bonds is 2. The van der Waals surface area contributed by atoms with Crippen LogP contribution in [-0.4, -0.2) is 19.5 Å². The van der Waals surface area contributed by atoms with Crippen molar-refractivity contribution in [2.75, 3.05) is 5.73 Å². The van der Waals surface area contributed by atoms with Crippen LogP contribution in [0.1, 0.15) is 11.4 Å². The molecular weight excluding hydrogens is 311 g/mol. The van der Waals surface area contributed by atoms with E-state index in [1.807, 2.05) is 6.07 Å². The average molecular weight is 319 g/mol. The molecule has 0 bridgehead atoms.